The fourth-order valence-corrected chi connectivity index (χ4v) is 3.03. The van der Waals surface area contributed by atoms with Gasteiger partial charge in [-0.3, -0.25) is 14.9 Å². The van der Waals surface area contributed by atoms with E-state index in [1.54, 1.807) is 18.5 Å². The molecule has 0 aliphatic carbocycles. The Morgan fingerprint density at radius 3 is 2.76 bits per heavy atom. The molecular formula is C14H22N4O3. The van der Waals surface area contributed by atoms with Gasteiger partial charge in [-0.05, 0) is 39.5 Å². The van der Waals surface area contributed by atoms with Gasteiger partial charge in [-0.25, -0.2) is 4.68 Å². The van der Waals surface area contributed by atoms with E-state index in [1.165, 1.54) is 0 Å². The van der Waals surface area contributed by atoms with Crippen molar-refractivity contribution in [3.63, 3.8) is 0 Å². The molecule has 0 N–H and O–H groups in total. The molecule has 1 unspecified atom stereocenters. The smallest absolute Gasteiger partial charge is 0.333 e. The number of hydrogen-bond donors (Lipinski definition) is 0. The van der Waals surface area contributed by atoms with Crippen molar-refractivity contribution in [3.8, 4) is 0 Å². The fourth-order valence-electron chi connectivity index (χ4n) is 3.03. The molecule has 0 radical (unpaired) electrons. The number of aryl methyl sites for hydroxylation is 2. The van der Waals surface area contributed by atoms with Crippen LogP contribution in [0.15, 0.2) is 0 Å². The lowest BCUT2D eigenvalue weighted by Crippen LogP contribution is -2.45. The maximum Gasteiger partial charge on any atom is 0.333 e. The van der Waals surface area contributed by atoms with Crippen LogP contribution < -0.4 is 4.90 Å². The zero-order valence-corrected chi connectivity index (χ0v) is 12.8. The lowest BCUT2D eigenvalue weighted by molar-refractivity contribution is -0.384. The molecule has 1 aromatic heterocycles. The van der Waals surface area contributed by atoms with Crippen molar-refractivity contribution >= 4 is 17.3 Å². The summed E-state index contributed by atoms with van der Waals surface area (Å²) in [5.41, 5.74) is 0.452. The third kappa shape index (κ3) is 2.91. The van der Waals surface area contributed by atoms with E-state index in [4.69, 9.17) is 0 Å². The SMILES string of the molecule is CCCn1nc(C)c([N+](=O)[O-])c1N1CCCCC1C(C)=O. The van der Waals surface area contributed by atoms with Crippen molar-refractivity contribution in [2.24, 2.45) is 0 Å². The van der Waals surface area contributed by atoms with Crippen LogP contribution in [-0.4, -0.2) is 33.1 Å². The van der Waals surface area contributed by atoms with Gasteiger partial charge in [-0.2, -0.15) is 5.10 Å². The Bertz CT molecular complexity index is 553. The molecule has 1 atom stereocenters. The number of aromatic nitrogens is 2. The molecule has 1 aliphatic heterocycles. The highest BCUT2D eigenvalue weighted by molar-refractivity contribution is 5.86. The van der Waals surface area contributed by atoms with Crippen LogP contribution in [0, 0.1) is 17.0 Å². The predicted octanol–water partition coefficient (Wildman–Crippen LogP) is 2.46. The summed E-state index contributed by atoms with van der Waals surface area (Å²) < 4.78 is 1.69. The molecular weight excluding hydrogens is 272 g/mol. The maximum absolute atomic E-state index is 11.9. The van der Waals surface area contributed by atoms with Crippen LogP contribution in [0.1, 0.15) is 45.2 Å². The van der Waals surface area contributed by atoms with Crippen molar-refractivity contribution in [2.45, 2.75) is 59.0 Å². The van der Waals surface area contributed by atoms with Crippen LogP contribution >= 0.6 is 0 Å². The fraction of sp³-hybridized carbons (Fsp3) is 0.714. The number of carbonyl (C=O) groups is 1. The van der Waals surface area contributed by atoms with Gasteiger partial charge in [0.05, 0.1) is 11.0 Å². The Kier molecular flexibility index (Phi) is 4.59. The first-order valence-electron chi connectivity index (χ1n) is 7.46. The van der Waals surface area contributed by atoms with Crippen LogP contribution in [0.2, 0.25) is 0 Å². The first kappa shape index (κ1) is 15.5. The minimum atomic E-state index is -0.379. The van der Waals surface area contributed by atoms with Gasteiger partial charge in [0.2, 0.25) is 5.82 Å². The molecule has 2 heterocycles. The van der Waals surface area contributed by atoms with E-state index in [-0.39, 0.29) is 22.4 Å². The van der Waals surface area contributed by atoms with Crippen molar-refractivity contribution in [1.29, 1.82) is 0 Å². The van der Waals surface area contributed by atoms with E-state index in [2.05, 4.69) is 5.10 Å². The number of nitro groups is 1. The minimum absolute atomic E-state index is 0.0385. The third-order valence-corrected chi connectivity index (χ3v) is 3.93. The minimum Gasteiger partial charge on any atom is -0.341 e. The summed E-state index contributed by atoms with van der Waals surface area (Å²) in [5, 5.41) is 15.7. The van der Waals surface area contributed by atoms with E-state index in [0.29, 0.717) is 24.6 Å². The Morgan fingerprint density at radius 1 is 1.48 bits per heavy atom. The summed E-state index contributed by atoms with van der Waals surface area (Å²) in [6, 6.07) is -0.274. The van der Waals surface area contributed by atoms with E-state index < -0.39 is 0 Å². The molecule has 7 nitrogen and oxygen atoms in total. The number of ketones is 1. The standard InChI is InChI=1S/C14H22N4O3/c1-4-8-17-14(13(18(20)21)10(2)15-17)16-9-6-5-7-12(16)11(3)19/h12H,4-9H2,1-3H3. The maximum atomic E-state index is 11.9. The van der Waals surface area contributed by atoms with Gasteiger partial charge in [0, 0.05) is 13.1 Å². The van der Waals surface area contributed by atoms with Gasteiger partial charge < -0.3 is 4.90 Å². The summed E-state index contributed by atoms with van der Waals surface area (Å²) in [7, 11) is 0. The monoisotopic (exact) mass is 294 g/mol. The molecule has 0 amide bonds. The largest absolute Gasteiger partial charge is 0.341 e. The molecule has 0 aromatic carbocycles. The van der Waals surface area contributed by atoms with Crippen LogP contribution in [0.5, 0.6) is 0 Å². The molecule has 1 aromatic rings. The van der Waals surface area contributed by atoms with Crippen molar-refractivity contribution in [2.75, 3.05) is 11.4 Å². The third-order valence-electron chi connectivity index (χ3n) is 3.93. The number of Topliss-reactive ketones (excluding diaryl/α,β-unsaturated/α-hetero) is 1. The first-order chi connectivity index (χ1) is 9.97. The summed E-state index contributed by atoms with van der Waals surface area (Å²) >= 11 is 0. The number of piperidine rings is 1. The van der Waals surface area contributed by atoms with Crippen molar-refractivity contribution < 1.29 is 9.72 Å². The number of hydrogen-bond acceptors (Lipinski definition) is 5. The zero-order valence-electron chi connectivity index (χ0n) is 12.8. The summed E-state index contributed by atoms with van der Waals surface area (Å²) in [5.74, 6) is 0.560. The highest BCUT2D eigenvalue weighted by Crippen LogP contribution is 2.35. The molecule has 21 heavy (non-hydrogen) atoms. The predicted molar refractivity (Wildman–Crippen MR) is 79.6 cm³/mol. The number of rotatable bonds is 5. The second kappa shape index (κ2) is 6.24. The van der Waals surface area contributed by atoms with Crippen LogP contribution in [0.4, 0.5) is 11.5 Å². The molecule has 116 valence electrons. The highest BCUT2D eigenvalue weighted by atomic mass is 16.6. The molecule has 0 spiro atoms. The summed E-state index contributed by atoms with van der Waals surface area (Å²) in [6.45, 7) is 6.50. The molecule has 2 rings (SSSR count). The van der Waals surface area contributed by atoms with Gasteiger partial charge in [-0.15, -0.1) is 0 Å². The molecule has 0 saturated carbocycles. The number of nitrogens with zero attached hydrogens (tertiary/aromatic N) is 4. The normalized spacial score (nSPS) is 18.8. The van der Waals surface area contributed by atoms with Crippen molar-refractivity contribution in [1.82, 2.24) is 9.78 Å². The summed E-state index contributed by atoms with van der Waals surface area (Å²) in [4.78, 5) is 24.8. The molecule has 0 bridgehead atoms. The second-order valence-corrected chi connectivity index (χ2v) is 5.55. The molecule has 1 aliphatic rings. The quantitative estimate of drug-likeness (QED) is 0.615. The van der Waals surface area contributed by atoms with Gasteiger partial charge in [0.25, 0.3) is 0 Å². The van der Waals surface area contributed by atoms with E-state index >= 15 is 0 Å². The van der Waals surface area contributed by atoms with Crippen LogP contribution in [0.25, 0.3) is 0 Å². The molecule has 1 fully saturated rings. The van der Waals surface area contributed by atoms with Gasteiger partial charge in [-0.1, -0.05) is 6.92 Å². The highest BCUT2D eigenvalue weighted by Gasteiger charge is 2.35. The number of carbonyl (C=O) groups excluding carboxylic acids is 1. The average molecular weight is 294 g/mol. The first-order valence-corrected chi connectivity index (χ1v) is 7.46. The van der Waals surface area contributed by atoms with Crippen molar-refractivity contribution in [3.05, 3.63) is 15.8 Å². The van der Waals surface area contributed by atoms with E-state index in [1.807, 2.05) is 11.8 Å². The van der Waals surface area contributed by atoms with Gasteiger partial charge in [0.15, 0.2) is 5.78 Å². The van der Waals surface area contributed by atoms with E-state index in [0.717, 1.165) is 25.7 Å². The van der Waals surface area contributed by atoms with E-state index in [9.17, 15) is 14.9 Å². The van der Waals surface area contributed by atoms with Crippen LogP contribution in [-0.2, 0) is 11.3 Å². The Balaban J connectivity index is 2.53. The van der Waals surface area contributed by atoms with Crippen LogP contribution in [0.3, 0.4) is 0 Å². The Hall–Kier alpha value is -1.92. The lowest BCUT2D eigenvalue weighted by atomic mass is 9.99. The topological polar surface area (TPSA) is 81.3 Å². The zero-order chi connectivity index (χ0) is 15.6. The van der Waals surface area contributed by atoms with Gasteiger partial charge in [0.1, 0.15) is 5.69 Å². The lowest BCUT2D eigenvalue weighted by Gasteiger charge is -2.35. The summed E-state index contributed by atoms with van der Waals surface area (Å²) in [6.07, 6.45) is 3.51. The Labute approximate surface area is 124 Å². The Morgan fingerprint density at radius 2 is 2.19 bits per heavy atom. The molecule has 1 saturated heterocycles. The number of anilines is 1. The average Bonchev–Trinajstić information content (AvgIpc) is 2.75. The molecule has 7 heteroatoms. The van der Waals surface area contributed by atoms with Gasteiger partial charge >= 0.3 is 5.69 Å². The second-order valence-electron chi connectivity index (χ2n) is 5.55.